The molecule has 1 aliphatic heterocycles. The zero-order valence-corrected chi connectivity index (χ0v) is 19.5. The Bertz CT molecular complexity index is 1450. The van der Waals surface area contributed by atoms with Crippen molar-refractivity contribution in [2.75, 3.05) is 21.3 Å². The number of nitrogens with zero attached hydrogens (tertiary/aromatic N) is 1. The third kappa shape index (κ3) is 5.29. The monoisotopic (exact) mass is 504 g/mol. The van der Waals surface area contributed by atoms with Crippen molar-refractivity contribution < 1.29 is 9.59 Å². The summed E-state index contributed by atoms with van der Waals surface area (Å²) in [5.41, 5.74) is 5.55. The summed E-state index contributed by atoms with van der Waals surface area (Å²) < 4.78 is 0. The Hall–Kier alpha value is -4.27. The first kappa shape index (κ1) is 22.5. The number of nitrogens with one attached hydrogen (secondary N) is 5. The van der Waals surface area contributed by atoms with Gasteiger partial charge in [0.2, 0.25) is 0 Å². The number of hydrogen-bond donors (Lipinski definition) is 5. The number of carbonyl (C=O) groups excluding carboxylic acids is 2. The molecule has 0 unspecified atom stereocenters. The Kier molecular flexibility index (Phi) is 6.13. The molecule has 0 saturated heterocycles. The second kappa shape index (κ2) is 9.54. The molecule has 5 N–H and O–H groups in total. The summed E-state index contributed by atoms with van der Waals surface area (Å²) in [5.74, 6) is -0.152. The Morgan fingerprint density at radius 2 is 1.60 bits per heavy atom. The fourth-order valence-electron chi connectivity index (χ4n) is 3.68. The van der Waals surface area contributed by atoms with Gasteiger partial charge in [-0.05, 0) is 60.7 Å². The number of benzene rings is 2. The van der Waals surface area contributed by atoms with Crippen LogP contribution in [0, 0.1) is 0 Å². The van der Waals surface area contributed by atoms with Crippen LogP contribution in [0.5, 0.6) is 0 Å². The fraction of sp³-hybridized carbons (Fsp3) is 0. The van der Waals surface area contributed by atoms with Crippen molar-refractivity contribution in [3.63, 3.8) is 0 Å². The zero-order chi connectivity index (χ0) is 24.4. The predicted octanol–water partition coefficient (Wildman–Crippen LogP) is 6.60. The minimum Gasteiger partial charge on any atom is -0.362 e. The van der Waals surface area contributed by atoms with Crippen LogP contribution in [0.4, 0.5) is 33.2 Å². The highest BCUT2D eigenvalue weighted by atomic mass is 35.5. The first-order valence-electron chi connectivity index (χ1n) is 10.5. The molecule has 4 aromatic rings. The van der Waals surface area contributed by atoms with E-state index >= 15 is 0 Å². The van der Waals surface area contributed by atoms with Gasteiger partial charge in [0.1, 0.15) is 10.3 Å². The minimum absolute atomic E-state index is 0.152. The third-order valence-corrected chi connectivity index (χ3v) is 5.54. The van der Waals surface area contributed by atoms with E-state index in [1.165, 1.54) is 12.1 Å². The summed E-state index contributed by atoms with van der Waals surface area (Å²) in [4.78, 5) is 31.8. The number of amides is 3. The number of aromatic amines is 1. The number of carbonyl (C=O) groups is 2. The number of rotatable bonds is 5. The van der Waals surface area contributed by atoms with Crippen LogP contribution in [-0.4, -0.2) is 21.9 Å². The molecule has 10 heteroatoms. The molecule has 0 saturated carbocycles. The number of urea groups is 1. The molecule has 35 heavy (non-hydrogen) atoms. The molecule has 3 amide bonds. The fourth-order valence-corrected chi connectivity index (χ4v) is 4.14. The van der Waals surface area contributed by atoms with Crippen LogP contribution in [0.2, 0.25) is 10.3 Å². The van der Waals surface area contributed by atoms with E-state index in [0.717, 1.165) is 28.3 Å². The van der Waals surface area contributed by atoms with Crippen LogP contribution >= 0.6 is 23.2 Å². The SMILES string of the molecule is O=C(Nc1cccc(Nc2ccc3c(c2)NC(=O)/C3=C/c2ccc[nH]2)c1)Nc1cc(Cl)nc(Cl)c1. The van der Waals surface area contributed by atoms with E-state index < -0.39 is 6.03 Å². The standard InChI is InChI=1S/C25H18Cl2N6O2/c26-22-12-18(13-23(27)33-22)31-25(35)30-16-4-1-3-15(9-16)29-17-6-7-19-20(10-14-5-2-8-28-14)24(34)32-21(19)11-17/h1-13,28-29H,(H,32,34)(H2,30,31,33,35)/b20-10+. The van der Waals surface area contributed by atoms with Gasteiger partial charge in [-0.1, -0.05) is 35.3 Å². The number of anilines is 5. The van der Waals surface area contributed by atoms with Crippen LogP contribution in [0.1, 0.15) is 11.3 Å². The maximum atomic E-state index is 12.5. The average molecular weight is 505 g/mol. The highest BCUT2D eigenvalue weighted by molar-refractivity contribution is 6.35. The largest absolute Gasteiger partial charge is 0.362 e. The van der Waals surface area contributed by atoms with Crippen LogP contribution in [0.3, 0.4) is 0 Å². The van der Waals surface area contributed by atoms with Crippen LogP contribution < -0.4 is 21.3 Å². The highest BCUT2D eigenvalue weighted by Gasteiger charge is 2.24. The molecule has 174 valence electrons. The van der Waals surface area contributed by atoms with E-state index in [4.69, 9.17) is 23.2 Å². The van der Waals surface area contributed by atoms with Gasteiger partial charge in [-0.25, -0.2) is 9.78 Å². The molecule has 5 rings (SSSR count). The number of aromatic nitrogens is 2. The number of fused-ring (bicyclic) bond motifs is 1. The van der Waals surface area contributed by atoms with E-state index in [2.05, 4.69) is 31.2 Å². The second-order valence-corrected chi connectivity index (χ2v) is 8.46. The lowest BCUT2D eigenvalue weighted by Crippen LogP contribution is -2.19. The van der Waals surface area contributed by atoms with Gasteiger partial charge in [0.05, 0.1) is 11.3 Å². The number of pyridine rings is 1. The van der Waals surface area contributed by atoms with Gasteiger partial charge >= 0.3 is 6.03 Å². The van der Waals surface area contributed by atoms with Crippen molar-refractivity contribution in [2.45, 2.75) is 0 Å². The van der Waals surface area contributed by atoms with Crippen molar-refractivity contribution in [1.29, 1.82) is 0 Å². The summed E-state index contributed by atoms with van der Waals surface area (Å²) in [6.45, 7) is 0. The second-order valence-electron chi connectivity index (χ2n) is 7.68. The molecule has 8 nitrogen and oxygen atoms in total. The molecule has 2 aromatic heterocycles. The van der Waals surface area contributed by atoms with E-state index in [1.807, 2.05) is 54.7 Å². The summed E-state index contributed by atoms with van der Waals surface area (Å²) in [6, 6.07) is 19.2. The average Bonchev–Trinajstić information content (AvgIpc) is 3.41. The van der Waals surface area contributed by atoms with Gasteiger partial charge in [-0.15, -0.1) is 0 Å². The summed E-state index contributed by atoms with van der Waals surface area (Å²) in [6.07, 6.45) is 3.63. The van der Waals surface area contributed by atoms with Gasteiger partial charge in [-0.2, -0.15) is 0 Å². The maximum Gasteiger partial charge on any atom is 0.323 e. The lowest BCUT2D eigenvalue weighted by Gasteiger charge is -2.11. The molecule has 1 aliphatic rings. The van der Waals surface area contributed by atoms with Crippen molar-refractivity contribution in [2.24, 2.45) is 0 Å². The molecule has 0 spiro atoms. The van der Waals surface area contributed by atoms with Crippen LogP contribution in [-0.2, 0) is 4.79 Å². The number of hydrogen-bond acceptors (Lipinski definition) is 4. The lowest BCUT2D eigenvalue weighted by molar-refractivity contribution is -0.110. The van der Waals surface area contributed by atoms with E-state index in [9.17, 15) is 9.59 Å². The van der Waals surface area contributed by atoms with Gasteiger partial charge < -0.3 is 26.3 Å². The minimum atomic E-state index is -0.456. The normalized spacial score (nSPS) is 13.3. The number of H-pyrrole nitrogens is 1. The van der Waals surface area contributed by atoms with Crippen molar-refractivity contribution in [1.82, 2.24) is 9.97 Å². The quantitative estimate of drug-likeness (QED) is 0.156. The van der Waals surface area contributed by atoms with Crippen molar-refractivity contribution >= 4 is 75.2 Å². The third-order valence-electron chi connectivity index (χ3n) is 5.15. The van der Waals surface area contributed by atoms with E-state index in [1.54, 1.807) is 12.1 Å². The molecule has 0 fully saturated rings. The highest BCUT2D eigenvalue weighted by Crippen LogP contribution is 2.35. The van der Waals surface area contributed by atoms with Crippen molar-refractivity contribution in [3.8, 4) is 0 Å². The Balaban J connectivity index is 1.28. The molecular weight excluding hydrogens is 487 g/mol. The van der Waals surface area contributed by atoms with Crippen LogP contribution in [0.25, 0.3) is 11.6 Å². The van der Waals surface area contributed by atoms with Crippen molar-refractivity contribution in [3.05, 3.63) is 94.5 Å². The van der Waals surface area contributed by atoms with E-state index in [-0.39, 0.29) is 16.2 Å². The molecule has 0 atom stereocenters. The first-order valence-corrected chi connectivity index (χ1v) is 11.3. The molecular formula is C25H18Cl2N6O2. The number of halogens is 2. The Morgan fingerprint density at radius 1 is 0.857 bits per heavy atom. The topological polar surface area (TPSA) is 111 Å². The summed E-state index contributed by atoms with van der Waals surface area (Å²) in [5, 5.41) is 12.0. The summed E-state index contributed by atoms with van der Waals surface area (Å²) in [7, 11) is 0. The molecule has 0 bridgehead atoms. The van der Waals surface area contributed by atoms with E-state index in [0.29, 0.717) is 16.9 Å². The van der Waals surface area contributed by atoms with Crippen LogP contribution in [0.15, 0.2) is 72.9 Å². The lowest BCUT2D eigenvalue weighted by atomic mass is 10.1. The first-order chi connectivity index (χ1) is 16.9. The zero-order valence-electron chi connectivity index (χ0n) is 18.0. The van der Waals surface area contributed by atoms with Gasteiger partial charge in [-0.3, -0.25) is 4.79 Å². The van der Waals surface area contributed by atoms with Gasteiger partial charge in [0.15, 0.2) is 0 Å². The smallest absolute Gasteiger partial charge is 0.323 e. The Labute approximate surface area is 210 Å². The maximum absolute atomic E-state index is 12.5. The molecule has 0 radical (unpaired) electrons. The summed E-state index contributed by atoms with van der Waals surface area (Å²) >= 11 is 11.7. The predicted molar refractivity (Wildman–Crippen MR) is 140 cm³/mol. The Morgan fingerprint density at radius 3 is 2.37 bits per heavy atom. The molecule has 3 heterocycles. The molecule has 2 aromatic carbocycles. The van der Waals surface area contributed by atoms with Gasteiger partial charge in [0, 0.05) is 40.2 Å². The molecule has 0 aliphatic carbocycles. The van der Waals surface area contributed by atoms with Gasteiger partial charge in [0.25, 0.3) is 5.91 Å².